The van der Waals surface area contributed by atoms with Crippen LogP contribution in [0.3, 0.4) is 0 Å². The molecule has 3 nitrogen and oxygen atoms in total. The van der Waals surface area contributed by atoms with Gasteiger partial charge in [-0.1, -0.05) is 13.8 Å². The summed E-state index contributed by atoms with van der Waals surface area (Å²) in [5.41, 5.74) is 1.26. The zero-order valence-electron chi connectivity index (χ0n) is 8.96. The second kappa shape index (κ2) is 3.78. The Balaban J connectivity index is 3.45. The Morgan fingerprint density at radius 2 is 1.79 bits per heavy atom. The molecule has 0 aromatic heterocycles. The molecule has 0 bridgehead atoms. The van der Waals surface area contributed by atoms with E-state index >= 15 is 0 Å². The number of aromatic hydroxyl groups is 2. The average Bonchev–Trinajstić information content (AvgIpc) is 2.12. The maximum Gasteiger partial charge on any atom is 0.164 e. The van der Waals surface area contributed by atoms with E-state index in [2.05, 4.69) is 0 Å². The Morgan fingerprint density at radius 1 is 1.21 bits per heavy atom. The van der Waals surface area contributed by atoms with Gasteiger partial charge in [-0.15, -0.1) is 0 Å². The summed E-state index contributed by atoms with van der Waals surface area (Å²) in [4.78, 5) is 0. The Bertz CT molecular complexity index is 343. The van der Waals surface area contributed by atoms with Crippen LogP contribution in [0.2, 0.25) is 0 Å². The number of hydrogen-bond acceptors (Lipinski definition) is 3. The van der Waals surface area contributed by atoms with Crippen molar-refractivity contribution in [1.82, 2.24) is 0 Å². The van der Waals surface area contributed by atoms with E-state index in [1.54, 1.807) is 20.1 Å². The van der Waals surface area contributed by atoms with Gasteiger partial charge >= 0.3 is 0 Å². The number of rotatable bonds is 2. The molecule has 0 atom stereocenters. The SMILES string of the molecule is COc1cc(C)c(O)c(O)c1C(C)C. The van der Waals surface area contributed by atoms with Crippen LogP contribution in [0.1, 0.15) is 30.9 Å². The number of hydrogen-bond donors (Lipinski definition) is 2. The standard InChI is InChI=1S/C11H16O3/c1-6(2)9-8(14-4)5-7(3)10(12)11(9)13/h5-6,12-13H,1-4H3. The smallest absolute Gasteiger partial charge is 0.164 e. The second-order valence-electron chi connectivity index (χ2n) is 3.66. The van der Waals surface area contributed by atoms with Gasteiger partial charge in [-0.25, -0.2) is 0 Å². The van der Waals surface area contributed by atoms with Gasteiger partial charge in [-0.3, -0.25) is 0 Å². The second-order valence-corrected chi connectivity index (χ2v) is 3.66. The van der Waals surface area contributed by atoms with E-state index in [1.165, 1.54) is 0 Å². The highest BCUT2D eigenvalue weighted by Gasteiger charge is 2.18. The first-order chi connectivity index (χ1) is 6.49. The van der Waals surface area contributed by atoms with Gasteiger partial charge in [0.25, 0.3) is 0 Å². The Labute approximate surface area is 84.0 Å². The maximum atomic E-state index is 9.73. The third-order valence-electron chi connectivity index (χ3n) is 2.26. The first-order valence-corrected chi connectivity index (χ1v) is 4.58. The van der Waals surface area contributed by atoms with Gasteiger partial charge in [-0.05, 0) is 24.5 Å². The summed E-state index contributed by atoms with van der Waals surface area (Å²) in [5, 5.41) is 19.3. The molecule has 14 heavy (non-hydrogen) atoms. The van der Waals surface area contributed by atoms with Crippen molar-refractivity contribution in [3.05, 3.63) is 17.2 Å². The molecule has 0 saturated carbocycles. The van der Waals surface area contributed by atoms with Crippen molar-refractivity contribution < 1.29 is 14.9 Å². The van der Waals surface area contributed by atoms with E-state index in [9.17, 15) is 10.2 Å². The van der Waals surface area contributed by atoms with Crippen molar-refractivity contribution >= 4 is 0 Å². The maximum absolute atomic E-state index is 9.73. The monoisotopic (exact) mass is 196 g/mol. The minimum Gasteiger partial charge on any atom is -0.504 e. The Morgan fingerprint density at radius 3 is 2.21 bits per heavy atom. The number of methoxy groups -OCH3 is 1. The molecule has 0 aliphatic carbocycles. The quantitative estimate of drug-likeness (QED) is 0.714. The molecule has 1 aromatic carbocycles. The van der Waals surface area contributed by atoms with Gasteiger partial charge in [0.05, 0.1) is 7.11 Å². The summed E-state index contributed by atoms with van der Waals surface area (Å²) < 4.78 is 5.15. The summed E-state index contributed by atoms with van der Waals surface area (Å²) in [7, 11) is 1.55. The molecule has 2 N–H and O–H groups in total. The summed E-state index contributed by atoms with van der Waals surface area (Å²) in [6.45, 7) is 5.60. The van der Waals surface area contributed by atoms with Gasteiger partial charge in [0, 0.05) is 5.56 Å². The van der Waals surface area contributed by atoms with Gasteiger partial charge in [0.1, 0.15) is 5.75 Å². The van der Waals surface area contributed by atoms with E-state index in [1.807, 2.05) is 13.8 Å². The van der Waals surface area contributed by atoms with Crippen molar-refractivity contribution in [3.63, 3.8) is 0 Å². The average molecular weight is 196 g/mol. The fourth-order valence-corrected chi connectivity index (χ4v) is 1.50. The van der Waals surface area contributed by atoms with Gasteiger partial charge < -0.3 is 14.9 Å². The fraction of sp³-hybridized carbons (Fsp3) is 0.455. The third-order valence-corrected chi connectivity index (χ3v) is 2.26. The molecule has 1 aromatic rings. The van der Waals surface area contributed by atoms with E-state index in [0.717, 1.165) is 0 Å². The first kappa shape index (κ1) is 10.7. The van der Waals surface area contributed by atoms with Crippen LogP contribution in [0.4, 0.5) is 0 Å². The number of aryl methyl sites for hydroxylation is 1. The number of benzene rings is 1. The van der Waals surface area contributed by atoms with Crippen LogP contribution in [0.5, 0.6) is 17.2 Å². The minimum atomic E-state index is -0.0724. The Hall–Kier alpha value is -1.38. The van der Waals surface area contributed by atoms with Crippen molar-refractivity contribution in [1.29, 1.82) is 0 Å². The van der Waals surface area contributed by atoms with E-state index < -0.39 is 0 Å². The zero-order chi connectivity index (χ0) is 10.9. The molecule has 0 unspecified atom stereocenters. The number of phenolic OH excluding ortho intramolecular Hbond substituents is 2. The topological polar surface area (TPSA) is 49.7 Å². The van der Waals surface area contributed by atoms with E-state index in [4.69, 9.17) is 4.74 Å². The van der Waals surface area contributed by atoms with Crippen LogP contribution < -0.4 is 4.74 Å². The lowest BCUT2D eigenvalue weighted by Crippen LogP contribution is -1.96. The highest BCUT2D eigenvalue weighted by Crippen LogP contribution is 2.42. The molecule has 0 saturated heterocycles. The normalized spacial score (nSPS) is 10.6. The van der Waals surface area contributed by atoms with Crippen LogP contribution in [0.15, 0.2) is 6.07 Å². The van der Waals surface area contributed by atoms with E-state index in [-0.39, 0.29) is 17.4 Å². The molecule has 0 radical (unpaired) electrons. The highest BCUT2D eigenvalue weighted by molar-refractivity contribution is 5.57. The lowest BCUT2D eigenvalue weighted by Gasteiger charge is -2.15. The van der Waals surface area contributed by atoms with Crippen molar-refractivity contribution in [2.24, 2.45) is 0 Å². The number of phenols is 2. The molecule has 0 spiro atoms. The van der Waals surface area contributed by atoms with Crippen LogP contribution in [0, 0.1) is 6.92 Å². The predicted molar refractivity (Wildman–Crippen MR) is 55.1 cm³/mol. The van der Waals surface area contributed by atoms with Gasteiger partial charge in [0.15, 0.2) is 11.5 Å². The van der Waals surface area contributed by atoms with Crippen LogP contribution >= 0.6 is 0 Å². The zero-order valence-corrected chi connectivity index (χ0v) is 8.96. The lowest BCUT2D eigenvalue weighted by molar-refractivity contribution is 0.372. The largest absolute Gasteiger partial charge is 0.504 e. The molecule has 0 heterocycles. The Kier molecular flexibility index (Phi) is 2.89. The summed E-state index contributed by atoms with van der Waals surface area (Å²) >= 11 is 0. The van der Waals surface area contributed by atoms with Crippen LogP contribution in [-0.4, -0.2) is 17.3 Å². The van der Waals surface area contributed by atoms with Crippen LogP contribution in [0.25, 0.3) is 0 Å². The minimum absolute atomic E-state index is 0.0606. The molecule has 0 amide bonds. The fourth-order valence-electron chi connectivity index (χ4n) is 1.50. The van der Waals surface area contributed by atoms with Gasteiger partial charge in [-0.2, -0.15) is 0 Å². The predicted octanol–water partition coefficient (Wildman–Crippen LogP) is 2.54. The molecule has 0 fully saturated rings. The van der Waals surface area contributed by atoms with E-state index in [0.29, 0.717) is 16.9 Å². The van der Waals surface area contributed by atoms with Gasteiger partial charge in [0.2, 0.25) is 0 Å². The van der Waals surface area contributed by atoms with Crippen molar-refractivity contribution in [2.45, 2.75) is 26.7 Å². The molecule has 0 aliphatic heterocycles. The van der Waals surface area contributed by atoms with Crippen molar-refractivity contribution in [3.8, 4) is 17.2 Å². The summed E-state index contributed by atoms with van der Waals surface area (Å²) in [6.07, 6.45) is 0. The van der Waals surface area contributed by atoms with Crippen molar-refractivity contribution in [2.75, 3.05) is 7.11 Å². The molecular formula is C11H16O3. The summed E-state index contributed by atoms with van der Waals surface area (Å²) in [5.74, 6) is 0.593. The van der Waals surface area contributed by atoms with Crippen LogP contribution in [-0.2, 0) is 0 Å². The summed E-state index contributed by atoms with van der Waals surface area (Å²) in [6, 6.07) is 1.73. The number of ether oxygens (including phenoxy) is 1. The molecule has 0 aliphatic rings. The molecule has 3 heteroatoms. The first-order valence-electron chi connectivity index (χ1n) is 4.58. The third kappa shape index (κ3) is 1.62. The lowest BCUT2D eigenvalue weighted by atomic mass is 9.98. The molecule has 78 valence electrons. The molecular weight excluding hydrogens is 180 g/mol. The highest BCUT2D eigenvalue weighted by atomic mass is 16.5. The molecule has 1 rings (SSSR count).